The first kappa shape index (κ1) is 31.2. The Morgan fingerprint density at radius 2 is 1.70 bits per heavy atom. The van der Waals surface area contributed by atoms with Gasteiger partial charge in [0, 0.05) is 30.4 Å². The number of hydrogen-bond donors (Lipinski definition) is 2. The van der Waals surface area contributed by atoms with Gasteiger partial charge in [-0.2, -0.15) is 0 Å². The third-order valence-corrected chi connectivity index (χ3v) is 8.80. The average molecular weight is 622 g/mol. The van der Waals surface area contributed by atoms with Crippen LogP contribution in [0, 0.1) is 0 Å². The van der Waals surface area contributed by atoms with E-state index in [4.69, 9.17) is 4.74 Å². The molecule has 3 aromatic carbocycles. The van der Waals surface area contributed by atoms with Crippen molar-refractivity contribution < 1.29 is 23.9 Å². The van der Waals surface area contributed by atoms with Crippen LogP contribution in [0.25, 0.3) is 21.7 Å². The van der Waals surface area contributed by atoms with Crippen LogP contribution in [0.5, 0.6) is 5.75 Å². The Bertz CT molecular complexity index is 1750. The number of aromatic nitrogens is 1. The molecule has 2 N–H and O–H groups in total. The second-order valence-corrected chi connectivity index (χ2v) is 11.9. The van der Waals surface area contributed by atoms with Crippen molar-refractivity contribution in [2.45, 2.75) is 44.6 Å². The Labute approximate surface area is 268 Å². The van der Waals surface area contributed by atoms with Crippen LogP contribution in [-0.4, -0.2) is 83.7 Å². The normalized spacial score (nSPS) is 16.8. The first-order valence-electron chi connectivity index (χ1n) is 16.1. The number of pyridine rings is 1. The van der Waals surface area contributed by atoms with E-state index in [2.05, 4.69) is 20.5 Å². The maximum Gasteiger partial charge on any atom is 0.293 e. The number of amides is 3. The monoisotopic (exact) mass is 621 g/mol. The fourth-order valence-electron chi connectivity index (χ4n) is 6.38. The summed E-state index contributed by atoms with van der Waals surface area (Å²) in [7, 11) is 0. The molecule has 0 saturated carbocycles. The highest BCUT2D eigenvalue weighted by molar-refractivity contribution is 6.42. The number of rotatable bonds is 11. The predicted octanol–water partition coefficient (Wildman–Crippen LogP) is 4.57. The Kier molecular flexibility index (Phi) is 9.83. The van der Waals surface area contributed by atoms with Crippen molar-refractivity contribution in [3.63, 3.8) is 0 Å². The molecule has 2 aliphatic rings. The molecule has 3 heterocycles. The molecule has 238 valence electrons. The lowest BCUT2D eigenvalue weighted by atomic mass is 10.1. The van der Waals surface area contributed by atoms with Gasteiger partial charge in [0.05, 0.1) is 24.2 Å². The molecule has 1 aromatic heterocycles. The van der Waals surface area contributed by atoms with Crippen molar-refractivity contribution in [3.8, 4) is 5.75 Å². The van der Waals surface area contributed by atoms with E-state index < -0.39 is 29.5 Å². The Morgan fingerprint density at radius 3 is 2.54 bits per heavy atom. The van der Waals surface area contributed by atoms with Gasteiger partial charge in [-0.15, -0.1) is 0 Å². The van der Waals surface area contributed by atoms with Gasteiger partial charge < -0.3 is 25.2 Å². The third-order valence-electron chi connectivity index (χ3n) is 8.80. The molecule has 6 rings (SSSR count). The van der Waals surface area contributed by atoms with E-state index in [1.165, 1.54) is 24.2 Å². The Hall–Kier alpha value is -4.83. The van der Waals surface area contributed by atoms with Crippen molar-refractivity contribution in [1.29, 1.82) is 0 Å². The van der Waals surface area contributed by atoms with Crippen LogP contribution >= 0.6 is 0 Å². The van der Waals surface area contributed by atoms with E-state index in [-0.39, 0.29) is 6.54 Å². The molecule has 2 fully saturated rings. The first-order chi connectivity index (χ1) is 22.5. The number of ether oxygens (including phenoxy) is 1. The van der Waals surface area contributed by atoms with Crippen molar-refractivity contribution in [1.82, 2.24) is 20.1 Å². The first-order valence-corrected chi connectivity index (χ1v) is 16.1. The summed E-state index contributed by atoms with van der Waals surface area (Å²) >= 11 is 0. The van der Waals surface area contributed by atoms with Crippen LogP contribution in [0.2, 0.25) is 0 Å². The van der Waals surface area contributed by atoms with Gasteiger partial charge in [-0.05, 0) is 92.4 Å². The lowest BCUT2D eigenvalue weighted by molar-refractivity contribution is -0.141. The van der Waals surface area contributed by atoms with Crippen molar-refractivity contribution in [2.24, 2.45) is 0 Å². The number of likely N-dealkylation sites (tertiary alicyclic amines) is 2. The molecule has 0 bridgehead atoms. The maximum absolute atomic E-state index is 13.3. The number of fused-ring (bicyclic) bond motifs is 2. The number of Topliss-reactive ketones (excluding diaryl/α,β-unsaturated/α-hetero) is 1. The van der Waals surface area contributed by atoms with Crippen LogP contribution in [0.4, 0.5) is 5.69 Å². The zero-order valence-corrected chi connectivity index (χ0v) is 25.9. The van der Waals surface area contributed by atoms with E-state index in [1.54, 1.807) is 18.3 Å². The van der Waals surface area contributed by atoms with Gasteiger partial charge in [0.25, 0.3) is 11.8 Å². The minimum atomic E-state index is -0.874. The van der Waals surface area contributed by atoms with E-state index in [9.17, 15) is 19.2 Å². The summed E-state index contributed by atoms with van der Waals surface area (Å²) < 4.78 is 6.00. The van der Waals surface area contributed by atoms with Crippen molar-refractivity contribution in [3.05, 3.63) is 78.5 Å². The zero-order valence-electron chi connectivity index (χ0n) is 25.9. The van der Waals surface area contributed by atoms with Crippen LogP contribution in [-0.2, 0) is 14.4 Å². The molecule has 46 heavy (non-hydrogen) atoms. The van der Waals surface area contributed by atoms with E-state index in [1.807, 2.05) is 54.6 Å². The van der Waals surface area contributed by atoms with Gasteiger partial charge in [-0.25, -0.2) is 0 Å². The highest BCUT2D eigenvalue weighted by Crippen LogP contribution is 2.24. The zero-order chi connectivity index (χ0) is 31.9. The van der Waals surface area contributed by atoms with Crippen molar-refractivity contribution >= 4 is 50.9 Å². The molecule has 0 spiro atoms. The topological polar surface area (TPSA) is 121 Å². The minimum Gasteiger partial charge on any atom is -0.494 e. The lowest BCUT2D eigenvalue weighted by Crippen LogP contribution is -2.48. The molecule has 2 saturated heterocycles. The fraction of sp³-hybridized carbons (Fsp3) is 0.361. The average Bonchev–Trinajstić information content (AvgIpc) is 3.59. The third kappa shape index (κ3) is 7.34. The summed E-state index contributed by atoms with van der Waals surface area (Å²) in [5.74, 6) is -1.63. The van der Waals surface area contributed by atoms with Gasteiger partial charge in [0.15, 0.2) is 0 Å². The van der Waals surface area contributed by atoms with Gasteiger partial charge in [0.1, 0.15) is 11.8 Å². The van der Waals surface area contributed by atoms with Crippen LogP contribution in [0.15, 0.2) is 72.9 Å². The number of nitrogens with one attached hydrogen (secondary N) is 2. The Morgan fingerprint density at radius 1 is 0.870 bits per heavy atom. The smallest absolute Gasteiger partial charge is 0.293 e. The Balaban J connectivity index is 1.04. The quantitative estimate of drug-likeness (QED) is 0.186. The molecule has 10 nitrogen and oxygen atoms in total. The van der Waals surface area contributed by atoms with Gasteiger partial charge in [-0.3, -0.25) is 24.2 Å². The number of anilines is 1. The molecular weight excluding hydrogens is 582 g/mol. The number of carbonyl (C=O) groups is 4. The van der Waals surface area contributed by atoms with Gasteiger partial charge in [0.2, 0.25) is 11.7 Å². The van der Waals surface area contributed by atoms with Crippen LogP contribution in [0.3, 0.4) is 0 Å². The SMILES string of the molecule is O=C(Nc1ccc2ccccc2c1)C(=O)C1CCCN1C(=O)CNC(=O)c1ccnc2ccc(OCCCN3CCCCC3)cc12. The summed E-state index contributed by atoms with van der Waals surface area (Å²) in [6.07, 6.45) is 7.29. The second-order valence-electron chi connectivity index (χ2n) is 11.9. The molecule has 1 atom stereocenters. The van der Waals surface area contributed by atoms with Gasteiger partial charge in [-0.1, -0.05) is 36.8 Å². The number of benzene rings is 3. The van der Waals surface area contributed by atoms with E-state index >= 15 is 0 Å². The highest BCUT2D eigenvalue weighted by Gasteiger charge is 2.37. The van der Waals surface area contributed by atoms with E-state index in [0.717, 1.165) is 36.8 Å². The summed E-state index contributed by atoms with van der Waals surface area (Å²) in [5, 5.41) is 7.97. The predicted molar refractivity (Wildman–Crippen MR) is 177 cm³/mol. The fourth-order valence-corrected chi connectivity index (χ4v) is 6.38. The summed E-state index contributed by atoms with van der Waals surface area (Å²) in [6.45, 7) is 3.93. The standard InChI is InChI=1S/C36H39N5O5/c42-33(41-20-6-10-32(41)34(43)36(45)39-27-12-11-25-8-2-3-9-26(25)22-27)24-38-35(44)29-15-16-37-31-14-13-28(23-30(29)31)46-21-7-19-40-17-4-1-5-18-40/h2-3,8-9,11-16,22-23,32H,1,4-7,10,17-21,24H2,(H,38,44)(H,39,45). The van der Waals surface area contributed by atoms with E-state index in [0.29, 0.717) is 53.9 Å². The highest BCUT2D eigenvalue weighted by atomic mass is 16.5. The molecule has 0 radical (unpaired) electrons. The van der Waals surface area contributed by atoms with Crippen molar-refractivity contribution in [2.75, 3.05) is 44.6 Å². The number of ketones is 1. The largest absolute Gasteiger partial charge is 0.494 e. The number of hydrogen-bond acceptors (Lipinski definition) is 7. The molecular formula is C36H39N5O5. The van der Waals surface area contributed by atoms with Gasteiger partial charge >= 0.3 is 0 Å². The molecule has 1 unspecified atom stereocenters. The molecule has 4 aromatic rings. The minimum absolute atomic E-state index is 0.300. The van der Waals surface area contributed by atoms with Crippen LogP contribution in [0.1, 0.15) is 48.9 Å². The lowest BCUT2D eigenvalue weighted by Gasteiger charge is -2.26. The molecule has 3 amide bonds. The van der Waals surface area contributed by atoms with Crippen LogP contribution < -0.4 is 15.4 Å². The molecule has 0 aliphatic carbocycles. The molecule has 10 heteroatoms. The summed E-state index contributed by atoms with van der Waals surface area (Å²) in [4.78, 5) is 60.7. The number of carbonyl (C=O) groups excluding carboxylic acids is 4. The number of nitrogens with zero attached hydrogens (tertiary/aromatic N) is 3. The summed E-state index contributed by atoms with van der Waals surface area (Å²) in [6, 6.07) is 19.4. The summed E-state index contributed by atoms with van der Waals surface area (Å²) in [5.41, 5.74) is 1.53. The second kappa shape index (κ2) is 14.5. The number of piperidine rings is 1. The maximum atomic E-state index is 13.3. The molecule has 2 aliphatic heterocycles.